The van der Waals surface area contributed by atoms with E-state index < -0.39 is 0 Å². The highest BCUT2D eigenvalue weighted by Gasteiger charge is 2.14. The quantitative estimate of drug-likeness (QED) is 0.864. The van der Waals surface area contributed by atoms with Gasteiger partial charge >= 0.3 is 5.69 Å². The second-order valence-corrected chi connectivity index (χ2v) is 4.37. The average Bonchev–Trinajstić information content (AvgIpc) is 2.52. The van der Waals surface area contributed by atoms with Gasteiger partial charge in [0.15, 0.2) is 0 Å². The van der Waals surface area contributed by atoms with E-state index in [4.69, 9.17) is 17.3 Å². The maximum absolute atomic E-state index is 12.0. The minimum absolute atomic E-state index is 0.0163. The van der Waals surface area contributed by atoms with E-state index in [0.29, 0.717) is 11.6 Å². The van der Waals surface area contributed by atoms with Gasteiger partial charge in [-0.1, -0.05) is 11.6 Å². The Kier molecular flexibility index (Phi) is 2.78. The number of hydrogen-bond acceptors (Lipinski definition) is 2. The van der Waals surface area contributed by atoms with E-state index >= 15 is 0 Å². The Morgan fingerprint density at radius 1 is 1.44 bits per heavy atom. The fourth-order valence-corrected chi connectivity index (χ4v) is 2.03. The average molecular weight is 240 g/mol. The van der Waals surface area contributed by atoms with Gasteiger partial charge in [0, 0.05) is 24.7 Å². The fraction of sp³-hybridized carbons (Fsp3) is 0.364. The third-order valence-electron chi connectivity index (χ3n) is 2.83. The lowest BCUT2D eigenvalue weighted by Crippen LogP contribution is -2.28. The van der Waals surface area contributed by atoms with Crippen molar-refractivity contribution in [2.75, 3.05) is 6.54 Å². The van der Waals surface area contributed by atoms with E-state index in [1.54, 1.807) is 28.3 Å². The number of aromatic nitrogens is 2. The van der Waals surface area contributed by atoms with Crippen LogP contribution in [0.25, 0.3) is 11.0 Å². The Labute approximate surface area is 98.2 Å². The SMILES string of the molecule is CC(CN)n1c(=O)n(C)c2cc(Cl)ccc21. The maximum Gasteiger partial charge on any atom is 0.329 e. The Balaban J connectivity index is 2.84. The molecular weight excluding hydrogens is 226 g/mol. The molecule has 0 aliphatic rings. The Hall–Kier alpha value is -1.26. The molecule has 4 nitrogen and oxygen atoms in total. The third kappa shape index (κ3) is 1.54. The van der Waals surface area contributed by atoms with Crippen LogP contribution in [0, 0.1) is 0 Å². The number of aryl methyl sites for hydroxylation is 1. The summed E-state index contributed by atoms with van der Waals surface area (Å²) in [5.74, 6) is 0. The first-order valence-electron chi connectivity index (χ1n) is 5.12. The summed E-state index contributed by atoms with van der Waals surface area (Å²) in [5, 5.41) is 0.626. The minimum atomic E-state index is -0.0600. The second kappa shape index (κ2) is 3.96. The van der Waals surface area contributed by atoms with Gasteiger partial charge < -0.3 is 5.73 Å². The number of rotatable bonds is 2. The molecule has 0 saturated carbocycles. The van der Waals surface area contributed by atoms with Crippen LogP contribution in [0.4, 0.5) is 0 Å². The highest BCUT2D eigenvalue weighted by atomic mass is 35.5. The molecule has 86 valence electrons. The lowest BCUT2D eigenvalue weighted by atomic mass is 10.3. The highest BCUT2D eigenvalue weighted by Crippen LogP contribution is 2.20. The molecular formula is C11H14ClN3O. The van der Waals surface area contributed by atoms with Gasteiger partial charge in [-0.3, -0.25) is 9.13 Å². The van der Waals surface area contributed by atoms with Gasteiger partial charge in [0.2, 0.25) is 0 Å². The van der Waals surface area contributed by atoms with E-state index in [9.17, 15) is 4.79 Å². The summed E-state index contributed by atoms with van der Waals surface area (Å²) in [6.07, 6.45) is 0. The summed E-state index contributed by atoms with van der Waals surface area (Å²) in [6, 6.07) is 5.41. The standard InChI is InChI=1S/C11H14ClN3O/c1-7(6-13)15-9-4-3-8(12)5-10(9)14(2)11(15)16/h3-5,7H,6,13H2,1-2H3. The molecule has 2 aromatic rings. The molecule has 1 aromatic heterocycles. The molecule has 16 heavy (non-hydrogen) atoms. The summed E-state index contributed by atoms with van der Waals surface area (Å²) < 4.78 is 3.29. The van der Waals surface area contributed by atoms with Gasteiger partial charge in [0.1, 0.15) is 0 Å². The van der Waals surface area contributed by atoms with E-state index in [1.165, 1.54) is 0 Å². The van der Waals surface area contributed by atoms with E-state index in [-0.39, 0.29) is 11.7 Å². The number of nitrogens with zero attached hydrogens (tertiary/aromatic N) is 2. The first kappa shape index (κ1) is 11.2. The normalized spacial score (nSPS) is 13.2. The molecule has 1 aromatic carbocycles. The molecule has 0 spiro atoms. The monoisotopic (exact) mass is 239 g/mol. The fourth-order valence-electron chi connectivity index (χ4n) is 1.87. The number of fused-ring (bicyclic) bond motifs is 1. The molecule has 0 amide bonds. The van der Waals surface area contributed by atoms with Crippen molar-refractivity contribution < 1.29 is 0 Å². The topological polar surface area (TPSA) is 52.9 Å². The molecule has 0 radical (unpaired) electrons. The van der Waals surface area contributed by atoms with Crippen molar-refractivity contribution in [2.45, 2.75) is 13.0 Å². The van der Waals surface area contributed by atoms with Crippen molar-refractivity contribution in [3.8, 4) is 0 Å². The zero-order chi connectivity index (χ0) is 11.9. The van der Waals surface area contributed by atoms with E-state index in [2.05, 4.69) is 0 Å². The molecule has 0 fully saturated rings. The Bertz CT molecular complexity index is 585. The number of halogens is 1. The Morgan fingerprint density at radius 2 is 2.12 bits per heavy atom. The molecule has 0 saturated heterocycles. The van der Waals surface area contributed by atoms with E-state index in [0.717, 1.165) is 11.0 Å². The molecule has 5 heteroatoms. The summed E-state index contributed by atoms with van der Waals surface area (Å²) in [4.78, 5) is 12.0. The van der Waals surface area contributed by atoms with Crippen molar-refractivity contribution in [1.82, 2.24) is 9.13 Å². The lowest BCUT2D eigenvalue weighted by Gasteiger charge is -2.10. The van der Waals surface area contributed by atoms with Crippen molar-refractivity contribution in [1.29, 1.82) is 0 Å². The predicted octanol–water partition coefficient (Wildman–Crippen LogP) is 1.51. The summed E-state index contributed by atoms with van der Waals surface area (Å²) in [5.41, 5.74) is 7.25. The van der Waals surface area contributed by atoms with Gasteiger partial charge in [-0.25, -0.2) is 4.79 Å². The zero-order valence-corrected chi connectivity index (χ0v) is 10.0. The summed E-state index contributed by atoms with van der Waals surface area (Å²) in [6.45, 7) is 2.36. The van der Waals surface area contributed by atoms with Crippen LogP contribution in [-0.4, -0.2) is 15.7 Å². The first-order chi connectivity index (χ1) is 7.56. The van der Waals surface area contributed by atoms with Crippen LogP contribution in [0.15, 0.2) is 23.0 Å². The van der Waals surface area contributed by atoms with Gasteiger partial charge in [-0.05, 0) is 25.1 Å². The van der Waals surface area contributed by atoms with Gasteiger partial charge in [0.05, 0.1) is 11.0 Å². The van der Waals surface area contributed by atoms with E-state index in [1.807, 2.05) is 13.0 Å². The van der Waals surface area contributed by atoms with Crippen LogP contribution >= 0.6 is 11.6 Å². The van der Waals surface area contributed by atoms with Crippen LogP contribution in [-0.2, 0) is 7.05 Å². The number of hydrogen-bond donors (Lipinski definition) is 1. The molecule has 2 N–H and O–H groups in total. The molecule has 1 heterocycles. The van der Waals surface area contributed by atoms with Crippen LogP contribution in [0.2, 0.25) is 5.02 Å². The van der Waals surface area contributed by atoms with Gasteiger partial charge in [-0.2, -0.15) is 0 Å². The molecule has 1 unspecified atom stereocenters. The maximum atomic E-state index is 12.0. The van der Waals surface area contributed by atoms with Crippen molar-refractivity contribution in [2.24, 2.45) is 12.8 Å². The highest BCUT2D eigenvalue weighted by molar-refractivity contribution is 6.31. The molecule has 0 bridgehead atoms. The number of imidazole rings is 1. The number of benzene rings is 1. The molecule has 1 atom stereocenters. The number of nitrogens with two attached hydrogens (primary N) is 1. The van der Waals surface area contributed by atoms with Crippen molar-refractivity contribution in [3.63, 3.8) is 0 Å². The predicted molar refractivity (Wildman–Crippen MR) is 66.0 cm³/mol. The molecule has 2 rings (SSSR count). The Morgan fingerprint density at radius 3 is 2.75 bits per heavy atom. The van der Waals surface area contributed by atoms with Gasteiger partial charge in [0.25, 0.3) is 0 Å². The smallest absolute Gasteiger partial charge is 0.328 e. The van der Waals surface area contributed by atoms with Crippen molar-refractivity contribution >= 4 is 22.6 Å². The summed E-state index contributed by atoms with van der Waals surface area (Å²) >= 11 is 5.92. The lowest BCUT2D eigenvalue weighted by molar-refractivity contribution is 0.546. The third-order valence-corrected chi connectivity index (χ3v) is 3.07. The van der Waals surface area contributed by atoms with Crippen molar-refractivity contribution in [3.05, 3.63) is 33.7 Å². The van der Waals surface area contributed by atoms with Crippen LogP contribution in [0.1, 0.15) is 13.0 Å². The van der Waals surface area contributed by atoms with Crippen LogP contribution in [0.5, 0.6) is 0 Å². The van der Waals surface area contributed by atoms with Gasteiger partial charge in [-0.15, -0.1) is 0 Å². The zero-order valence-electron chi connectivity index (χ0n) is 9.27. The summed E-state index contributed by atoms with van der Waals surface area (Å²) in [7, 11) is 1.74. The molecule has 0 aliphatic heterocycles. The van der Waals surface area contributed by atoms with Crippen LogP contribution < -0.4 is 11.4 Å². The second-order valence-electron chi connectivity index (χ2n) is 3.93. The van der Waals surface area contributed by atoms with Crippen LogP contribution in [0.3, 0.4) is 0 Å². The molecule has 0 aliphatic carbocycles. The first-order valence-corrected chi connectivity index (χ1v) is 5.50. The largest absolute Gasteiger partial charge is 0.329 e. The minimum Gasteiger partial charge on any atom is -0.328 e.